The number of furan rings is 1. The van der Waals surface area contributed by atoms with Gasteiger partial charge in [0, 0.05) is 47.4 Å². The fourth-order valence-corrected chi connectivity index (χ4v) is 5.38. The number of amidine groups is 1. The van der Waals surface area contributed by atoms with E-state index in [2.05, 4.69) is 37.7 Å². The molecule has 0 saturated carbocycles. The first-order chi connectivity index (χ1) is 19.7. The third-order valence-electron chi connectivity index (χ3n) is 7.63. The molecule has 6 N–H and O–H groups in total. The van der Waals surface area contributed by atoms with Gasteiger partial charge < -0.3 is 25.7 Å². The quantitative estimate of drug-likeness (QED) is 0.128. The summed E-state index contributed by atoms with van der Waals surface area (Å²) in [6.45, 7) is 9.21. The van der Waals surface area contributed by atoms with Gasteiger partial charge in [-0.25, -0.2) is 9.78 Å². The Morgan fingerprint density at radius 2 is 1.93 bits per heavy atom. The lowest BCUT2D eigenvalue weighted by Gasteiger charge is -2.26. The summed E-state index contributed by atoms with van der Waals surface area (Å²) in [5.41, 5.74) is 9.72. The fraction of sp³-hybridized carbons (Fsp3) is 0.355. The summed E-state index contributed by atoms with van der Waals surface area (Å²) in [7, 11) is 0. The zero-order valence-corrected chi connectivity index (χ0v) is 23.8. The van der Waals surface area contributed by atoms with E-state index in [0.29, 0.717) is 23.0 Å². The van der Waals surface area contributed by atoms with Crippen LogP contribution in [0, 0.1) is 25.2 Å². The molecule has 2 amide bonds. The van der Waals surface area contributed by atoms with E-state index in [-0.39, 0.29) is 17.8 Å². The Labute approximate surface area is 240 Å². The fourth-order valence-electron chi connectivity index (χ4n) is 5.38. The standard InChI is InChI=1S/C31H38N8O2/c1-4-39-14-13-22(18-39)26(11-10-25-17-23-16-21(29(32)33)7-12-27(23)41-25)36-28-15-20(3)34-30(37-28)38-31(40)35-24-8-5-19(2)6-9-24/h5-9,12,15-17,22,26H,4,10-11,13-14,18H2,1-3H3,(H3,32,33)(H3,34,35,36,37,38,40). The predicted molar refractivity (Wildman–Crippen MR) is 164 cm³/mol. The number of benzene rings is 2. The summed E-state index contributed by atoms with van der Waals surface area (Å²) in [6, 6.07) is 16.9. The van der Waals surface area contributed by atoms with Gasteiger partial charge in [-0.3, -0.25) is 10.7 Å². The number of rotatable bonds is 10. The van der Waals surface area contributed by atoms with Crippen molar-refractivity contribution < 1.29 is 9.21 Å². The number of aryl methyl sites for hydroxylation is 3. The predicted octanol–water partition coefficient (Wildman–Crippen LogP) is 5.52. The molecule has 0 spiro atoms. The number of aromatic nitrogens is 2. The third kappa shape index (κ3) is 7.20. The number of nitrogen functional groups attached to an aromatic ring is 1. The highest BCUT2D eigenvalue weighted by atomic mass is 16.3. The lowest BCUT2D eigenvalue weighted by Crippen LogP contribution is -2.33. The van der Waals surface area contributed by atoms with Gasteiger partial charge in [0.1, 0.15) is 23.0 Å². The zero-order chi connectivity index (χ0) is 28.9. The molecule has 2 unspecified atom stereocenters. The van der Waals surface area contributed by atoms with E-state index in [1.54, 1.807) is 0 Å². The molecule has 10 nitrogen and oxygen atoms in total. The van der Waals surface area contributed by atoms with Crippen LogP contribution in [-0.4, -0.2) is 52.4 Å². The summed E-state index contributed by atoms with van der Waals surface area (Å²) < 4.78 is 6.12. The Kier molecular flexibility index (Phi) is 8.49. The smallest absolute Gasteiger partial charge is 0.326 e. The van der Waals surface area contributed by atoms with E-state index in [9.17, 15) is 4.79 Å². The largest absolute Gasteiger partial charge is 0.461 e. The number of urea groups is 1. The van der Waals surface area contributed by atoms with E-state index in [1.807, 2.05) is 68.4 Å². The van der Waals surface area contributed by atoms with Gasteiger partial charge in [0.2, 0.25) is 5.95 Å². The van der Waals surface area contributed by atoms with Crippen molar-refractivity contribution >= 4 is 40.3 Å². The van der Waals surface area contributed by atoms with E-state index in [4.69, 9.17) is 15.6 Å². The highest BCUT2D eigenvalue weighted by Gasteiger charge is 2.29. The summed E-state index contributed by atoms with van der Waals surface area (Å²) in [6.07, 6.45) is 2.70. The van der Waals surface area contributed by atoms with E-state index >= 15 is 0 Å². The molecule has 2 atom stereocenters. The van der Waals surface area contributed by atoms with Crippen LogP contribution >= 0.6 is 0 Å². The average molecular weight is 555 g/mol. The van der Waals surface area contributed by atoms with Gasteiger partial charge in [0.05, 0.1) is 0 Å². The monoisotopic (exact) mass is 554 g/mol. The molecule has 0 aliphatic carbocycles. The van der Waals surface area contributed by atoms with Crippen molar-refractivity contribution in [2.45, 2.75) is 46.1 Å². The SMILES string of the molecule is CCN1CCC(C(CCc2cc3cc(C(=N)N)ccc3o2)Nc2cc(C)nc(NC(=O)Nc3ccc(C)cc3)n2)C1. The van der Waals surface area contributed by atoms with Crippen LogP contribution in [0.2, 0.25) is 0 Å². The molecule has 2 aromatic carbocycles. The number of anilines is 3. The van der Waals surface area contributed by atoms with Crippen molar-refractivity contribution in [1.29, 1.82) is 5.41 Å². The molecule has 5 rings (SSSR count). The number of hydrogen-bond acceptors (Lipinski definition) is 7. The van der Waals surface area contributed by atoms with Gasteiger partial charge in [0.25, 0.3) is 0 Å². The average Bonchev–Trinajstić information content (AvgIpc) is 3.58. The summed E-state index contributed by atoms with van der Waals surface area (Å²) in [5, 5.41) is 17.9. The molecule has 41 heavy (non-hydrogen) atoms. The Morgan fingerprint density at radius 1 is 1.12 bits per heavy atom. The molecule has 0 bridgehead atoms. The number of nitrogens with two attached hydrogens (primary N) is 1. The second kappa shape index (κ2) is 12.4. The number of likely N-dealkylation sites (tertiary alicyclic amines) is 1. The second-order valence-corrected chi connectivity index (χ2v) is 10.8. The Morgan fingerprint density at radius 3 is 2.66 bits per heavy atom. The first-order valence-corrected chi connectivity index (χ1v) is 14.1. The van der Waals surface area contributed by atoms with Crippen LogP contribution in [0.4, 0.5) is 22.2 Å². The Hall–Kier alpha value is -4.44. The van der Waals surface area contributed by atoms with Crippen LogP contribution in [0.5, 0.6) is 0 Å². The minimum atomic E-state index is -0.394. The first-order valence-electron chi connectivity index (χ1n) is 14.1. The maximum Gasteiger partial charge on any atom is 0.326 e. The van der Waals surface area contributed by atoms with Crippen molar-refractivity contribution in [3.05, 3.63) is 77.2 Å². The van der Waals surface area contributed by atoms with Gasteiger partial charge in [-0.1, -0.05) is 24.6 Å². The van der Waals surface area contributed by atoms with Crippen molar-refractivity contribution in [2.24, 2.45) is 11.7 Å². The van der Waals surface area contributed by atoms with Crippen LogP contribution in [0.3, 0.4) is 0 Å². The van der Waals surface area contributed by atoms with E-state index in [0.717, 1.165) is 66.9 Å². The first kappa shape index (κ1) is 28.1. The molecule has 2 aromatic heterocycles. The molecule has 1 aliphatic rings. The molecule has 3 heterocycles. The summed E-state index contributed by atoms with van der Waals surface area (Å²) in [5.74, 6) is 2.31. The van der Waals surface area contributed by atoms with Gasteiger partial charge in [-0.2, -0.15) is 4.98 Å². The number of amides is 2. The number of hydrogen-bond donors (Lipinski definition) is 5. The molecule has 1 saturated heterocycles. The Bertz CT molecular complexity index is 1530. The molecule has 214 valence electrons. The van der Waals surface area contributed by atoms with Crippen molar-refractivity contribution in [3.8, 4) is 0 Å². The zero-order valence-electron chi connectivity index (χ0n) is 23.8. The molecule has 1 fully saturated rings. The second-order valence-electron chi connectivity index (χ2n) is 10.8. The third-order valence-corrected chi connectivity index (χ3v) is 7.63. The van der Waals surface area contributed by atoms with Crippen molar-refractivity contribution in [3.63, 3.8) is 0 Å². The van der Waals surface area contributed by atoms with Crippen molar-refractivity contribution in [2.75, 3.05) is 35.6 Å². The van der Waals surface area contributed by atoms with E-state index < -0.39 is 6.03 Å². The number of nitrogens with zero attached hydrogens (tertiary/aromatic N) is 3. The molecule has 4 aromatic rings. The number of nitrogens with one attached hydrogen (secondary N) is 4. The minimum Gasteiger partial charge on any atom is -0.461 e. The normalized spacial score (nSPS) is 16.0. The highest BCUT2D eigenvalue weighted by molar-refractivity contribution is 5.99. The summed E-state index contributed by atoms with van der Waals surface area (Å²) >= 11 is 0. The number of fused-ring (bicyclic) bond motifs is 1. The topological polar surface area (TPSA) is 145 Å². The molecule has 0 radical (unpaired) electrons. The molecule has 1 aliphatic heterocycles. The number of carbonyl (C=O) groups excluding carboxylic acids is 1. The van der Waals surface area contributed by atoms with E-state index in [1.165, 1.54) is 0 Å². The van der Waals surface area contributed by atoms with Crippen LogP contribution in [-0.2, 0) is 6.42 Å². The van der Waals surface area contributed by atoms with Gasteiger partial charge >= 0.3 is 6.03 Å². The van der Waals surface area contributed by atoms with Crippen LogP contribution in [0.25, 0.3) is 11.0 Å². The van der Waals surface area contributed by atoms with Gasteiger partial charge in [0.15, 0.2) is 0 Å². The maximum atomic E-state index is 12.6. The lowest BCUT2D eigenvalue weighted by molar-refractivity contribution is 0.262. The maximum absolute atomic E-state index is 12.6. The minimum absolute atomic E-state index is 0.0438. The molecule has 10 heteroatoms. The van der Waals surface area contributed by atoms with Crippen LogP contribution in [0.1, 0.15) is 42.3 Å². The van der Waals surface area contributed by atoms with Gasteiger partial charge in [-0.15, -0.1) is 0 Å². The van der Waals surface area contributed by atoms with Crippen LogP contribution < -0.4 is 21.7 Å². The number of carbonyl (C=O) groups is 1. The lowest BCUT2D eigenvalue weighted by atomic mass is 9.94. The molecular formula is C31H38N8O2. The summed E-state index contributed by atoms with van der Waals surface area (Å²) in [4.78, 5) is 24.2. The Balaban J connectivity index is 1.30. The van der Waals surface area contributed by atoms with Gasteiger partial charge in [-0.05, 0) is 82.1 Å². The highest BCUT2D eigenvalue weighted by Crippen LogP contribution is 2.28. The van der Waals surface area contributed by atoms with Crippen molar-refractivity contribution in [1.82, 2.24) is 14.9 Å². The molecular weight excluding hydrogens is 516 g/mol. The van der Waals surface area contributed by atoms with Crippen LogP contribution in [0.15, 0.2) is 59.0 Å².